The van der Waals surface area contributed by atoms with Crippen LogP contribution in [0.25, 0.3) is 0 Å². The van der Waals surface area contributed by atoms with E-state index < -0.39 is 6.04 Å². The van der Waals surface area contributed by atoms with Gasteiger partial charge in [-0.15, -0.1) is 0 Å². The van der Waals surface area contributed by atoms with Crippen LogP contribution in [0.5, 0.6) is 0 Å². The van der Waals surface area contributed by atoms with Gasteiger partial charge in [0.15, 0.2) is 0 Å². The number of anilines is 2. The highest BCUT2D eigenvalue weighted by Gasteiger charge is 2.34. The molecule has 3 aromatic rings. The Balaban J connectivity index is 1.79. The van der Waals surface area contributed by atoms with E-state index in [0.717, 1.165) is 22.4 Å². The largest absolute Gasteiger partial charge is 0.328 e. The monoisotopic (exact) mass is 393 g/mol. The second-order valence-electron chi connectivity index (χ2n) is 6.89. The minimum atomic E-state index is -0.474. The lowest BCUT2D eigenvalue weighted by molar-refractivity contribution is -0.113. The fraction of sp³-hybridized carbons (Fsp3) is 0.190. The molecule has 142 valence electrons. The molecule has 0 bridgehead atoms. The molecule has 2 N–H and O–H groups in total. The highest BCUT2D eigenvalue weighted by molar-refractivity contribution is 6.31. The Bertz CT molecular complexity index is 1100. The molecule has 1 amide bonds. The van der Waals surface area contributed by atoms with Crippen molar-refractivity contribution in [2.24, 2.45) is 0 Å². The van der Waals surface area contributed by atoms with Gasteiger partial charge in [0.1, 0.15) is 12.4 Å². The molecule has 1 aromatic heterocycles. The highest BCUT2D eigenvalue weighted by atomic mass is 35.5. The second-order valence-corrected chi connectivity index (χ2v) is 7.30. The van der Waals surface area contributed by atoms with Crippen LogP contribution >= 0.6 is 11.6 Å². The number of hydrogen-bond acceptors (Lipinski definition) is 4. The van der Waals surface area contributed by atoms with Gasteiger partial charge in [0.05, 0.1) is 5.57 Å². The van der Waals surface area contributed by atoms with Crippen molar-refractivity contribution in [1.82, 2.24) is 14.8 Å². The molecule has 0 saturated heterocycles. The number of amides is 1. The van der Waals surface area contributed by atoms with Crippen molar-refractivity contribution >= 4 is 29.1 Å². The molecule has 28 heavy (non-hydrogen) atoms. The summed E-state index contributed by atoms with van der Waals surface area (Å²) in [4.78, 5) is 17.6. The molecule has 1 atom stereocenters. The maximum absolute atomic E-state index is 13.3. The van der Waals surface area contributed by atoms with Crippen LogP contribution in [0.15, 0.2) is 60.1 Å². The summed E-state index contributed by atoms with van der Waals surface area (Å²) in [7, 11) is 0. The lowest BCUT2D eigenvalue weighted by Gasteiger charge is -2.29. The molecule has 0 unspecified atom stereocenters. The second kappa shape index (κ2) is 7.13. The third kappa shape index (κ3) is 3.16. The molecule has 0 aliphatic carbocycles. The van der Waals surface area contributed by atoms with E-state index in [1.165, 1.54) is 6.33 Å². The SMILES string of the molecule is CC1=C(C(=O)Nc2ccc(C)cc2C)[C@H](c2ccccc2Cl)n2ncnc2N1. The summed E-state index contributed by atoms with van der Waals surface area (Å²) in [6, 6.07) is 12.9. The first-order valence-corrected chi connectivity index (χ1v) is 9.34. The first kappa shape index (κ1) is 18.3. The van der Waals surface area contributed by atoms with E-state index in [1.807, 2.05) is 63.2 Å². The fourth-order valence-electron chi connectivity index (χ4n) is 3.51. The average Bonchev–Trinajstić information content (AvgIpc) is 3.11. The Hall–Kier alpha value is -3.12. The standard InChI is InChI=1S/C21H20ClN5O/c1-12-8-9-17(13(2)10-12)26-20(28)18-14(3)25-21-23-11-24-27(21)19(18)15-6-4-5-7-16(15)22/h4-11,19H,1-3H3,(H,26,28)(H,23,24,25)/t19-/m0/s1. The fourth-order valence-corrected chi connectivity index (χ4v) is 3.75. The number of aryl methyl sites for hydroxylation is 2. The van der Waals surface area contributed by atoms with Crippen molar-refractivity contribution in [3.05, 3.63) is 81.8 Å². The molecule has 0 saturated carbocycles. The van der Waals surface area contributed by atoms with Gasteiger partial charge < -0.3 is 10.6 Å². The zero-order valence-corrected chi connectivity index (χ0v) is 16.6. The van der Waals surface area contributed by atoms with Crippen LogP contribution in [0.4, 0.5) is 11.6 Å². The smallest absolute Gasteiger partial charge is 0.255 e. The summed E-state index contributed by atoms with van der Waals surface area (Å²) >= 11 is 6.48. The summed E-state index contributed by atoms with van der Waals surface area (Å²) in [5.41, 5.74) is 4.98. The van der Waals surface area contributed by atoms with Crippen LogP contribution in [0, 0.1) is 13.8 Å². The molecule has 0 radical (unpaired) electrons. The molecule has 2 aromatic carbocycles. The minimum absolute atomic E-state index is 0.206. The van der Waals surface area contributed by atoms with E-state index in [0.29, 0.717) is 22.2 Å². The number of nitrogens with one attached hydrogen (secondary N) is 2. The molecule has 4 rings (SSSR count). The quantitative estimate of drug-likeness (QED) is 0.688. The van der Waals surface area contributed by atoms with E-state index >= 15 is 0 Å². The molecule has 1 aliphatic heterocycles. The summed E-state index contributed by atoms with van der Waals surface area (Å²) < 4.78 is 1.69. The summed E-state index contributed by atoms with van der Waals surface area (Å²) in [5, 5.41) is 11.1. The predicted molar refractivity (Wildman–Crippen MR) is 110 cm³/mol. The van der Waals surface area contributed by atoms with Gasteiger partial charge in [0, 0.05) is 22.0 Å². The van der Waals surface area contributed by atoms with Gasteiger partial charge in [-0.05, 0) is 38.5 Å². The Morgan fingerprint density at radius 3 is 2.71 bits per heavy atom. The molecule has 0 fully saturated rings. The number of halogens is 1. The Kier molecular flexibility index (Phi) is 4.65. The molecule has 6 nitrogen and oxygen atoms in total. The Morgan fingerprint density at radius 1 is 1.18 bits per heavy atom. The number of fused-ring (bicyclic) bond motifs is 1. The van der Waals surface area contributed by atoms with Gasteiger partial charge in [-0.3, -0.25) is 4.79 Å². The lowest BCUT2D eigenvalue weighted by Crippen LogP contribution is -2.31. The first-order chi connectivity index (χ1) is 13.5. The molecule has 2 heterocycles. The average molecular weight is 394 g/mol. The number of benzene rings is 2. The normalized spacial score (nSPS) is 15.8. The number of hydrogen-bond donors (Lipinski definition) is 2. The zero-order chi connectivity index (χ0) is 19.8. The number of rotatable bonds is 3. The predicted octanol–water partition coefficient (Wildman–Crippen LogP) is 4.48. The van der Waals surface area contributed by atoms with Crippen molar-refractivity contribution in [3.8, 4) is 0 Å². The molecular formula is C21H20ClN5O. The van der Waals surface area contributed by atoms with E-state index in [-0.39, 0.29) is 5.91 Å². The van der Waals surface area contributed by atoms with Crippen LogP contribution in [-0.4, -0.2) is 20.7 Å². The molecule has 1 aliphatic rings. The minimum Gasteiger partial charge on any atom is -0.328 e. The summed E-state index contributed by atoms with van der Waals surface area (Å²) in [6.45, 7) is 5.86. The van der Waals surface area contributed by atoms with Gasteiger partial charge >= 0.3 is 0 Å². The van der Waals surface area contributed by atoms with Gasteiger partial charge in [-0.1, -0.05) is 47.5 Å². The maximum atomic E-state index is 13.3. The number of nitrogens with zero attached hydrogens (tertiary/aromatic N) is 3. The van der Waals surface area contributed by atoms with Gasteiger partial charge in [0.25, 0.3) is 5.91 Å². The molecular weight excluding hydrogens is 374 g/mol. The van der Waals surface area contributed by atoms with Crippen LogP contribution in [0.1, 0.15) is 29.7 Å². The number of carbonyl (C=O) groups excluding carboxylic acids is 1. The van der Waals surface area contributed by atoms with E-state index in [2.05, 4.69) is 20.7 Å². The van der Waals surface area contributed by atoms with Crippen molar-refractivity contribution in [2.45, 2.75) is 26.8 Å². The van der Waals surface area contributed by atoms with Crippen LogP contribution in [-0.2, 0) is 4.79 Å². The van der Waals surface area contributed by atoms with Gasteiger partial charge in [0.2, 0.25) is 5.95 Å². The van der Waals surface area contributed by atoms with E-state index in [1.54, 1.807) is 4.68 Å². The van der Waals surface area contributed by atoms with Crippen molar-refractivity contribution < 1.29 is 4.79 Å². The summed E-state index contributed by atoms with van der Waals surface area (Å²) in [6.07, 6.45) is 1.46. The van der Waals surface area contributed by atoms with Crippen molar-refractivity contribution in [2.75, 3.05) is 10.6 Å². The van der Waals surface area contributed by atoms with E-state index in [4.69, 9.17) is 11.6 Å². The third-order valence-corrected chi connectivity index (χ3v) is 5.21. The lowest BCUT2D eigenvalue weighted by atomic mass is 9.95. The maximum Gasteiger partial charge on any atom is 0.255 e. The molecule has 7 heteroatoms. The first-order valence-electron chi connectivity index (χ1n) is 8.96. The van der Waals surface area contributed by atoms with Crippen molar-refractivity contribution in [1.29, 1.82) is 0 Å². The topological polar surface area (TPSA) is 71.8 Å². The van der Waals surface area contributed by atoms with Crippen molar-refractivity contribution in [3.63, 3.8) is 0 Å². The summed E-state index contributed by atoms with van der Waals surface area (Å²) in [5.74, 6) is 0.369. The van der Waals surface area contributed by atoms with Gasteiger partial charge in [-0.2, -0.15) is 10.1 Å². The number of aromatic nitrogens is 3. The van der Waals surface area contributed by atoms with Crippen LogP contribution < -0.4 is 10.6 Å². The van der Waals surface area contributed by atoms with Crippen LogP contribution in [0.3, 0.4) is 0 Å². The molecule has 0 spiro atoms. The van der Waals surface area contributed by atoms with E-state index in [9.17, 15) is 4.79 Å². The number of allylic oxidation sites excluding steroid dienone is 1. The highest BCUT2D eigenvalue weighted by Crippen LogP contribution is 2.38. The Labute approximate surface area is 168 Å². The zero-order valence-electron chi connectivity index (χ0n) is 15.8. The number of carbonyl (C=O) groups is 1. The van der Waals surface area contributed by atoms with Crippen LogP contribution in [0.2, 0.25) is 5.02 Å². The third-order valence-electron chi connectivity index (χ3n) is 4.87. The Morgan fingerprint density at radius 2 is 1.96 bits per heavy atom. The van der Waals surface area contributed by atoms with Gasteiger partial charge in [-0.25, -0.2) is 4.68 Å².